The van der Waals surface area contributed by atoms with Crippen LogP contribution in [0.5, 0.6) is 0 Å². The van der Waals surface area contributed by atoms with Gasteiger partial charge in [0.25, 0.3) is 0 Å². The molecule has 3 nitrogen and oxygen atoms in total. The van der Waals surface area contributed by atoms with E-state index >= 15 is 0 Å². The Labute approximate surface area is 199 Å². The minimum Gasteiger partial charge on any atom is -0.373 e. The Morgan fingerprint density at radius 3 is 2.24 bits per heavy atom. The van der Waals surface area contributed by atoms with E-state index in [1.165, 1.54) is 11.1 Å². The molecule has 0 radical (unpaired) electrons. The Morgan fingerprint density at radius 1 is 0.848 bits per heavy atom. The van der Waals surface area contributed by atoms with E-state index in [2.05, 4.69) is 55.1 Å². The predicted octanol–water partition coefficient (Wildman–Crippen LogP) is 7.26. The zero-order valence-corrected chi connectivity index (χ0v) is 19.7. The fraction of sp³-hybridized carbons (Fsp3) is 0.400. The lowest BCUT2D eigenvalue weighted by atomic mass is 9.75. The Morgan fingerprint density at radius 2 is 1.55 bits per heavy atom. The van der Waals surface area contributed by atoms with Crippen molar-refractivity contribution in [3.63, 3.8) is 0 Å². The second kappa shape index (κ2) is 15.4. The first-order valence-corrected chi connectivity index (χ1v) is 12.1. The van der Waals surface area contributed by atoms with Gasteiger partial charge in [0.15, 0.2) is 0 Å². The molecule has 1 fully saturated rings. The highest BCUT2D eigenvalue weighted by Crippen LogP contribution is 2.36. The van der Waals surface area contributed by atoms with Crippen molar-refractivity contribution < 1.29 is 14.2 Å². The van der Waals surface area contributed by atoms with E-state index in [-0.39, 0.29) is 6.10 Å². The lowest BCUT2D eigenvalue weighted by Gasteiger charge is -2.34. The van der Waals surface area contributed by atoms with Crippen LogP contribution in [0, 0.1) is 11.8 Å². The summed E-state index contributed by atoms with van der Waals surface area (Å²) < 4.78 is 17.6. The summed E-state index contributed by atoms with van der Waals surface area (Å²) in [5.41, 5.74) is 2.39. The van der Waals surface area contributed by atoms with Crippen LogP contribution < -0.4 is 0 Å². The van der Waals surface area contributed by atoms with Crippen molar-refractivity contribution in [2.75, 3.05) is 13.4 Å². The average Bonchev–Trinajstić information content (AvgIpc) is 2.86. The van der Waals surface area contributed by atoms with Gasteiger partial charge in [-0.25, -0.2) is 0 Å². The summed E-state index contributed by atoms with van der Waals surface area (Å²) in [4.78, 5) is 0. The fourth-order valence-corrected chi connectivity index (χ4v) is 4.40. The molecule has 33 heavy (non-hydrogen) atoms. The molecule has 3 rings (SSSR count). The molecule has 1 saturated carbocycles. The molecule has 2 aromatic rings. The van der Waals surface area contributed by atoms with Crippen molar-refractivity contribution in [2.45, 2.75) is 51.4 Å². The van der Waals surface area contributed by atoms with Crippen LogP contribution in [-0.4, -0.2) is 19.5 Å². The quantitative estimate of drug-likeness (QED) is 0.132. The molecule has 2 aromatic carbocycles. The monoisotopic (exact) mass is 446 g/mol. The first-order valence-electron chi connectivity index (χ1n) is 12.1. The Hall–Kier alpha value is -2.46. The highest BCUT2D eigenvalue weighted by atomic mass is 16.7. The summed E-state index contributed by atoms with van der Waals surface area (Å²) in [5.74, 6) is 1.21. The van der Waals surface area contributed by atoms with Gasteiger partial charge in [-0.3, -0.25) is 0 Å². The third kappa shape index (κ3) is 9.91. The van der Waals surface area contributed by atoms with Crippen LogP contribution in [0.3, 0.4) is 0 Å². The van der Waals surface area contributed by atoms with Gasteiger partial charge in [0, 0.05) is 0 Å². The molecule has 0 amide bonds. The highest BCUT2D eigenvalue weighted by Gasteiger charge is 2.28. The molecule has 1 aliphatic carbocycles. The number of rotatable bonds is 14. The summed E-state index contributed by atoms with van der Waals surface area (Å²) in [6, 6.07) is 20.5. The molecular formula is C30H38O3. The topological polar surface area (TPSA) is 27.7 Å². The second-order valence-electron chi connectivity index (χ2n) is 8.65. The average molecular weight is 447 g/mol. The summed E-state index contributed by atoms with van der Waals surface area (Å²) in [5, 5.41) is 0. The molecule has 0 spiro atoms. The van der Waals surface area contributed by atoms with Gasteiger partial charge in [0.1, 0.15) is 6.79 Å². The highest BCUT2D eigenvalue weighted by molar-refractivity contribution is 5.14. The number of hydrogen-bond acceptors (Lipinski definition) is 3. The molecule has 0 unspecified atom stereocenters. The van der Waals surface area contributed by atoms with Crippen molar-refractivity contribution in [1.82, 2.24) is 0 Å². The summed E-state index contributed by atoms with van der Waals surface area (Å²) in [7, 11) is 0. The third-order valence-electron chi connectivity index (χ3n) is 6.18. The van der Waals surface area contributed by atoms with Crippen LogP contribution in [0.2, 0.25) is 0 Å². The molecule has 176 valence electrons. The van der Waals surface area contributed by atoms with Crippen molar-refractivity contribution in [2.24, 2.45) is 11.8 Å². The van der Waals surface area contributed by atoms with Crippen LogP contribution in [0.1, 0.15) is 43.2 Å². The molecule has 0 saturated heterocycles. The van der Waals surface area contributed by atoms with Crippen LogP contribution in [0.4, 0.5) is 0 Å². The molecule has 0 aromatic heterocycles. The van der Waals surface area contributed by atoms with Crippen molar-refractivity contribution in [1.29, 1.82) is 0 Å². The van der Waals surface area contributed by atoms with Crippen molar-refractivity contribution in [3.8, 4) is 0 Å². The Balaban J connectivity index is 1.36. The van der Waals surface area contributed by atoms with Gasteiger partial charge in [0.2, 0.25) is 0 Å². The number of allylic oxidation sites excluding steroid dienone is 4. The van der Waals surface area contributed by atoms with Gasteiger partial charge in [0.05, 0.1) is 25.9 Å². The first-order chi connectivity index (χ1) is 16.3. The second-order valence-corrected chi connectivity index (χ2v) is 8.65. The predicted molar refractivity (Wildman–Crippen MR) is 136 cm³/mol. The van der Waals surface area contributed by atoms with Gasteiger partial charge < -0.3 is 14.2 Å². The van der Waals surface area contributed by atoms with Crippen molar-refractivity contribution in [3.05, 3.63) is 109 Å². The lowest BCUT2D eigenvalue weighted by Crippen LogP contribution is -2.29. The van der Waals surface area contributed by atoms with Crippen LogP contribution in [0.25, 0.3) is 0 Å². The smallest absolute Gasteiger partial charge is 0.147 e. The molecule has 0 heterocycles. The first kappa shape index (κ1) is 25.2. The SMILES string of the molecule is C=C/C=C/[C@H]1CC[C@H](OCOCc2ccccc2)C[C@@H]1CC/C=C\COCc1ccccc1. The molecular weight excluding hydrogens is 408 g/mol. The molecule has 3 heteroatoms. The number of hydrogen-bond donors (Lipinski definition) is 0. The molecule has 0 aliphatic heterocycles. The maximum atomic E-state index is 6.08. The van der Waals surface area contributed by atoms with Crippen LogP contribution >= 0.6 is 0 Å². The fourth-order valence-electron chi connectivity index (χ4n) is 4.40. The summed E-state index contributed by atoms with van der Waals surface area (Å²) in [6.07, 6.45) is 16.5. The minimum absolute atomic E-state index is 0.275. The number of benzene rings is 2. The van der Waals surface area contributed by atoms with Gasteiger partial charge in [-0.15, -0.1) is 0 Å². The van der Waals surface area contributed by atoms with Crippen molar-refractivity contribution >= 4 is 0 Å². The maximum absolute atomic E-state index is 6.08. The molecule has 0 N–H and O–H groups in total. The summed E-state index contributed by atoms with van der Waals surface area (Å²) >= 11 is 0. The molecule has 1 aliphatic rings. The van der Waals surface area contributed by atoms with Gasteiger partial charge in [-0.2, -0.15) is 0 Å². The van der Waals surface area contributed by atoms with E-state index in [1.54, 1.807) is 0 Å². The van der Waals surface area contributed by atoms with Gasteiger partial charge >= 0.3 is 0 Å². The number of ether oxygens (including phenoxy) is 3. The van der Waals surface area contributed by atoms with E-state index in [4.69, 9.17) is 14.2 Å². The van der Waals surface area contributed by atoms with E-state index < -0.39 is 0 Å². The standard InChI is InChI=1S/C30H38O3/c1-2-3-17-28-19-20-30(33-25-32-24-27-15-9-5-10-16-27)22-29(28)18-11-6-12-21-31-23-26-13-7-4-8-14-26/h2-10,12-17,28-30H,1,11,18-25H2/b12-6-,17-3+/t28-,29-,30-/m0/s1. The molecule has 3 atom stereocenters. The largest absolute Gasteiger partial charge is 0.373 e. The van der Waals surface area contributed by atoms with Gasteiger partial charge in [-0.1, -0.05) is 97.6 Å². The lowest BCUT2D eigenvalue weighted by molar-refractivity contribution is -0.112. The Kier molecular flexibility index (Phi) is 11.7. The molecule has 0 bridgehead atoms. The zero-order valence-electron chi connectivity index (χ0n) is 19.7. The minimum atomic E-state index is 0.275. The van der Waals surface area contributed by atoms with Crippen LogP contribution in [0.15, 0.2) is 97.6 Å². The van der Waals surface area contributed by atoms with E-state index in [9.17, 15) is 0 Å². The van der Waals surface area contributed by atoms with Crippen LogP contribution in [-0.2, 0) is 27.4 Å². The third-order valence-corrected chi connectivity index (χ3v) is 6.18. The zero-order chi connectivity index (χ0) is 23.0. The van der Waals surface area contributed by atoms with E-state index in [0.717, 1.165) is 32.1 Å². The van der Waals surface area contributed by atoms with E-state index in [0.29, 0.717) is 38.4 Å². The maximum Gasteiger partial charge on any atom is 0.147 e. The normalized spacial score (nSPS) is 21.0. The Bertz CT molecular complexity index is 828. The van der Waals surface area contributed by atoms with Gasteiger partial charge in [-0.05, 0) is 55.1 Å². The summed E-state index contributed by atoms with van der Waals surface area (Å²) in [6.45, 7) is 6.10. The van der Waals surface area contributed by atoms with E-state index in [1.807, 2.05) is 42.5 Å².